The van der Waals surface area contributed by atoms with E-state index >= 15 is 0 Å². The molecule has 23 heavy (non-hydrogen) atoms. The first kappa shape index (κ1) is 17.4. The number of nitrogens with zero attached hydrogens (tertiary/aromatic N) is 4. The van der Waals surface area contributed by atoms with Crippen LogP contribution in [-0.4, -0.2) is 57.8 Å². The highest BCUT2D eigenvalue weighted by Crippen LogP contribution is 2.11. The first-order valence-electron chi connectivity index (χ1n) is 8.41. The van der Waals surface area contributed by atoms with Gasteiger partial charge in [-0.2, -0.15) is 0 Å². The molecule has 0 atom stereocenters. The van der Waals surface area contributed by atoms with Crippen molar-refractivity contribution in [3.63, 3.8) is 0 Å². The van der Waals surface area contributed by atoms with Crippen LogP contribution in [0.2, 0.25) is 0 Å². The summed E-state index contributed by atoms with van der Waals surface area (Å²) in [4.78, 5) is 36.5. The van der Waals surface area contributed by atoms with Crippen LogP contribution in [0.15, 0.2) is 18.6 Å². The second-order valence-corrected chi connectivity index (χ2v) is 6.40. The summed E-state index contributed by atoms with van der Waals surface area (Å²) in [6.45, 7) is 7.03. The molecule has 0 bridgehead atoms. The van der Waals surface area contributed by atoms with E-state index in [0.717, 1.165) is 32.4 Å². The van der Waals surface area contributed by atoms with E-state index in [0.29, 0.717) is 31.1 Å². The van der Waals surface area contributed by atoms with Crippen molar-refractivity contribution in [1.82, 2.24) is 19.8 Å². The molecule has 1 aliphatic heterocycles. The molecule has 1 fully saturated rings. The molecule has 1 aromatic rings. The summed E-state index contributed by atoms with van der Waals surface area (Å²) in [6.07, 6.45) is 8.00. The zero-order chi connectivity index (χ0) is 16.7. The molecule has 6 heteroatoms. The Morgan fingerprint density at radius 2 is 1.96 bits per heavy atom. The molecule has 1 aromatic heterocycles. The highest BCUT2D eigenvalue weighted by Gasteiger charge is 2.22. The molecular formula is C17H26N4O2. The summed E-state index contributed by atoms with van der Waals surface area (Å²) in [7, 11) is 0. The number of aromatic nitrogens is 2. The lowest BCUT2D eigenvalue weighted by molar-refractivity contribution is -0.130. The fourth-order valence-electron chi connectivity index (χ4n) is 2.66. The van der Waals surface area contributed by atoms with Gasteiger partial charge in [-0.1, -0.05) is 13.8 Å². The summed E-state index contributed by atoms with van der Waals surface area (Å²) in [5.41, 5.74) is 0.338. The zero-order valence-corrected chi connectivity index (χ0v) is 14.1. The normalized spacial score (nSPS) is 14.3. The van der Waals surface area contributed by atoms with Crippen LogP contribution in [0.3, 0.4) is 0 Å². The number of carbonyl (C=O) groups excluding carboxylic acids is 2. The SMILES string of the molecule is CC(C)CCN(CCC(=O)N1CCCC1)C(=O)c1cnccn1. The fourth-order valence-corrected chi connectivity index (χ4v) is 2.66. The Morgan fingerprint density at radius 1 is 1.22 bits per heavy atom. The van der Waals surface area contributed by atoms with E-state index in [2.05, 4.69) is 23.8 Å². The first-order chi connectivity index (χ1) is 11.1. The van der Waals surface area contributed by atoms with Crippen molar-refractivity contribution >= 4 is 11.8 Å². The number of likely N-dealkylation sites (tertiary alicyclic amines) is 1. The van der Waals surface area contributed by atoms with Crippen molar-refractivity contribution in [1.29, 1.82) is 0 Å². The van der Waals surface area contributed by atoms with Crippen LogP contribution in [0.4, 0.5) is 0 Å². The minimum absolute atomic E-state index is 0.143. The maximum atomic E-state index is 12.6. The lowest BCUT2D eigenvalue weighted by Gasteiger charge is -2.24. The van der Waals surface area contributed by atoms with E-state index in [1.54, 1.807) is 11.1 Å². The molecule has 0 spiro atoms. The number of hydrogen-bond donors (Lipinski definition) is 0. The van der Waals surface area contributed by atoms with Gasteiger partial charge in [-0.25, -0.2) is 4.98 Å². The minimum atomic E-state index is -0.145. The van der Waals surface area contributed by atoms with Gasteiger partial charge in [0.05, 0.1) is 6.20 Å². The quantitative estimate of drug-likeness (QED) is 0.771. The number of rotatable bonds is 7. The summed E-state index contributed by atoms with van der Waals surface area (Å²) in [5.74, 6) is 0.499. The lowest BCUT2D eigenvalue weighted by atomic mass is 10.1. The smallest absolute Gasteiger partial charge is 0.274 e. The zero-order valence-electron chi connectivity index (χ0n) is 14.1. The van der Waals surface area contributed by atoms with Crippen LogP contribution in [0.25, 0.3) is 0 Å². The molecule has 0 radical (unpaired) electrons. The molecule has 0 unspecified atom stereocenters. The molecule has 0 aromatic carbocycles. The van der Waals surface area contributed by atoms with Crippen LogP contribution in [0, 0.1) is 5.92 Å². The minimum Gasteiger partial charge on any atom is -0.343 e. The van der Waals surface area contributed by atoms with E-state index in [4.69, 9.17) is 0 Å². The molecule has 2 amide bonds. The molecule has 126 valence electrons. The molecule has 1 aliphatic rings. The standard InChI is InChI=1S/C17H26N4O2/c1-14(2)5-11-21(17(23)15-13-18-7-8-19-15)12-6-16(22)20-9-3-4-10-20/h7-8,13-14H,3-6,9-12H2,1-2H3. The van der Waals surface area contributed by atoms with Gasteiger partial charge in [-0.05, 0) is 25.2 Å². The van der Waals surface area contributed by atoms with Crippen molar-refractivity contribution in [2.45, 2.75) is 39.5 Å². The topological polar surface area (TPSA) is 66.4 Å². The monoisotopic (exact) mass is 318 g/mol. The molecule has 0 N–H and O–H groups in total. The van der Waals surface area contributed by atoms with Gasteiger partial charge in [0.2, 0.25) is 5.91 Å². The second kappa shape index (κ2) is 8.60. The Balaban J connectivity index is 1.95. The summed E-state index contributed by atoms with van der Waals surface area (Å²) in [6, 6.07) is 0. The van der Waals surface area contributed by atoms with E-state index in [-0.39, 0.29) is 11.8 Å². The van der Waals surface area contributed by atoms with E-state index < -0.39 is 0 Å². The van der Waals surface area contributed by atoms with Gasteiger partial charge in [0, 0.05) is 45.0 Å². The summed E-state index contributed by atoms with van der Waals surface area (Å²) in [5, 5.41) is 0. The Hall–Kier alpha value is -1.98. The van der Waals surface area contributed by atoms with Gasteiger partial charge in [0.1, 0.15) is 5.69 Å². The maximum absolute atomic E-state index is 12.6. The van der Waals surface area contributed by atoms with Crippen LogP contribution in [-0.2, 0) is 4.79 Å². The highest BCUT2D eigenvalue weighted by molar-refractivity contribution is 5.92. The highest BCUT2D eigenvalue weighted by atomic mass is 16.2. The van der Waals surface area contributed by atoms with Crippen LogP contribution >= 0.6 is 0 Å². The van der Waals surface area contributed by atoms with Crippen molar-refractivity contribution in [3.8, 4) is 0 Å². The Bertz CT molecular complexity index is 513. The van der Waals surface area contributed by atoms with E-state index in [1.165, 1.54) is 12.4 Å². The lowest BCUT2D eigenvalue weighted by Crippen LogP contribution is -2.37. The van der Waals surface area contributed by atoms with Crippen molar-refractivity contribution < 1.29 is 9.59 Å². The number of hydrogen-bond acceptors (Lipinski definition) is 4. The summed E-state index contributed by atoms with van der Waals surface area (Å²) < 4.78 is 0. The van der Waals surface area contributed by atoms with Crippen molar-refractivity contribution in [2.24, 2.45) is 5.92 Å². The van der Waals surface area contributed by atoms with Crippen LogP contribution in [0.5, 0.6) is 0 Å². The third-order valence-electron chi connectivity index (χ3n) is 4.10. The van der Waals surface area contributed by atoms with Gasteiger partial charge in [-0.15, -0.1) is 0 Å². The molecule has 2 rings (SSSR count). The summed E-state index contributed by atoms with van der Waals surface area (Å²) >= 11 is 0. The molecule has 2 heterocycles. The Labute approximate surface area is 137 Å². The predicted molar refractivity (Wildman–Crippen MR) is 87.8 cm³/mol. The fraction of sp³-hybridized carbons (Fsp3) is 0.647. The van der Waals surface area contributed by atoms with Crippen molar-refractivity contribution in [3.05, 3.63) is 24.3 Å². The molecule has 6 nitrogen and oxygen atoms in total. The largest absolute Gasteiger partial charge is 0.343 e. The van der Waals surface area contributed by atoms with Gasteiger partial charge < -0.3 is 9.80 Å². The van der Waals surface area contributed by atoms with Crippen LogP contribution in [0.1, 0.15) is 50.0 Å². The van der Waals surface area contributed by atoms with Crippen molar-refractivity contribution in [2.75, 3.05) is 26.2 Å². The predicted octanol–water partition coefficient (Wildman–Crippen LogP) is 1.98. The number of amides is 2. The Morgan fingerprint density at radius 3 is 2.57 bits per heavy atom. The van der Waals surface area contributed by atoms with E-state index in [9.17, 15) is 9.59 Å². The average Bonchev–Trinajstić information content (AvgIpc) is 3.09. The van der Waals surface area contributed by atoms with E-state index in [1.807, 2.05) is 4.90 Å². The third kappa shape index (κ3) is 5.30. The van der Waals surface area contributed by atoms with Gasteiger partial charge in [0.15, 0.2) is 0 Å². The van der Waals surface area contributed by atoms with Gasteiger partial charge in [-0.3, -0.25) is 14.6 Å². The molecule has 0 aliphatic carbocycles. The third-order valence-corrected chi connectivity index (χ3v) is 4.10. The molecular weight excluding hydrogens is 292 g/mol. The molecule has 0 saturated carbocycles. The van der Waals surface area contributed by atoms with Gasteiger partial charge in [0.25, 0.3) is 5.91 Å². The average molecular weight is 318 g/mol. The molecule has 1 saturated heterocycles. The second-order valence-electron chi connectivity index (χ2n) is 6.40. The first-order valence-corrected chi connectivity index (χ1v) is 8.41. The number of carbonyl (C=O) groups is 2. The Kier molecular flexibility index (Phi) is 6.50. The van der Waals surface area contributed by atoms with Gasteiger partial charge >= 0.3 is 0 Å². The van der Waals surface area contributed by atoms with Crippen LogP contribution < -0.4 is 0 Å². The maximum Gasteiger partial charge on any atom is 0.274 e.